The highest BCUT2D eigenvalue weighted by molar-refractivity contribution is 6.06. The van der Waals surface area contributed by atoms with Crippen LogP contribution in [0.3, 0.4) is 0 Å². The summed E-state index contributed by atoms with van der Waals surface area (Å²) in [7, 11) is 0. The van der Waals surface area contributed by atoms with Crippen molar-refractivity contribution in [1.82, 2.24) is 19.7 Å². The fourth-order valence-electron chi connectivity index (χ4n) is 5.17. The van der Waals surface area contributed by atoms with Gasteiger partial charge in [0.1, 0.15) is 5.92 Å². The van der Waals surface area contributed by atoms with Crippen molar-refractivity contribution < 1.29 is 4.79 Å². The summed E-state index contributed by atoms with van der Waals surface area (Å²) in [5.74, 6) is -0.0446. The van der Waals surface area contributed by atoms with Gasteiger partial charge in [0, 0.05) is 25.0 Å². The van der Waals surface area contributed by atoms with E-state index in [4.69, 9.17) is 15.1 Å². The zero-order valence-corrected chi connectivity index (χ0v) is 17.2. The molecule has 4 heterocycles. The van der Waals surface area contributed by atoms with Crippen LogP contribution in [0.1, 0.15) is 67.3 Å². The van der Waals surface area contributed by atoms with Crippen molar-refractivity contribution >= 4 is 28.6 Å². The van der Waals surface area contributed by atoms with Gasteiger partial charge in [0.05, 0.1) is 28.8 Å². The fraction of sp³-hybridized carbons (Fsp3) is 0.435. The normalized spacial score (nSPS) is 20.9. The van der Waals surface area contributed by atoms with Crippen LogP contribution in [0.5, 0.6) is 0 Å². The molecule has 1 N–H and O–H groups in total. The predicted molar refractivity (Wildman–Crippen MR) is 116 cm³/mol. The molecule has 8 nitrogen and oxygen atoms in total. The number of rotatable bonds is 3. The number of hydrogen-bond acceptors (Lipinski definition) is 6. The molecule has 2 aliphatic heterocycles. The van der Waals surface area contributed by atoms with Crippen LogP contribution in [0, 0.1) is 11.3 Å². The lowest BCUT2D eigenvalue weighted by atomic mass is 9.94. The minimum Gasteiger partial charge on any atom is -0.341 e. The Morgan fingerprint density at radius 3 is 2.68 bits per heavy atom. The van der Waals surface area contributed by atoms with Crippen LogP contribution >= 0.6 is 0 Å². The molecule has 1 saturated carbocycles. The fourth-order valence-corrected chi connectivity index (χ4v) is 5.17. The number of hydrogen-bond donors (Lipinski definition) is 1. The van der Waals surface area contributed by atoms with Gasteiger partial charge in [-0.15, -0.1) is 0 Å². The van der Waals surface area contributed by atoms with Crippen LogP contribution in [0.15, 0.2) is 24.4 Å². The molecule has 1 amide bonds. The first-order valence-corrected chi connectivity index (χ1v) is 11.1. The number of amides is 1. The number of benzene rings is 1. The van der Waals surface area contributed by atoms with E-state index in [0.29, 0.717) is 28.9 Å². The Balaban J connectivity index is 1.54. The maximum Gasteiger partial charge on any atom is 0.238 e. The second-order valence-electron chi connectivity index (χ2n) is 8.72. The van der Waals surface area contributed by atoms with Crippen molar-refractivity contribution in [1.29, 1.82) is 5.26 Å². The van der Waals surface area contributed by atoms with Gasteiger partial charge in [-0.1, -0.05) is 12.8 Å². The molecule has 6 rings (SSSR count). The molecule has 3 aliphatic rings. The second-order valence-corrected chi connectivity index (χ2v) is 8.72. The number of carbonyl (C=O) groups is 1. The molecule has 31 heavy (non-hydrogen) atoms. The monoisotopic (exact) mass is 413 g/mol. The van der Waals surface area contributed by atoms with E-state index in [-0.39, 0.29) is 5.91 Å². The maximum absolute atomic E-state index is 13.1. The van der Waals surface area contributed by atoms with E-state index in [9.17, 15) is 10.1 Å². The average molecular weight is 413 g/mol. The Morgan fingerprint density at radius 2 is 1.90 bits per heavy atom. The van der Waals surface area contributed by atoms with Crippen molar-refractivity contribution in [3.8, 4) is 6.07 Å². The van der Waals surface area contributed by atoms with E-state index < -0.39 is 5.92 Å². The Kier molecular flexibility index (Phi) is 4.16. The van der Waals surface area contributed by atoms with Crippen molar-refractivity contribution in [2.45, 2.75) is 50.5 Å². The van der Waals surface area contributed by atoms with E-state index in [1.165, 1.54) is 12.8 Å². The molecule has 1 aliphatic carbocycles. The van der Waals surface area contributed by atoms with Crippen LogP contribution in [-0.4, -0.2) is 38.7 Å². The van der Waals surface area contributed by atoms with Gasteiger partial charge in [0.15, 0.2) is 5.65 Å². The number of nitriles is 1. The number of nitrogens with one attached hydrogen (secondary N) is 1. The summed E-state index contributed by atoms with van der Waals surface area (Å²) < 4.78 is 2.03. The van der Waals surface area contributed by atoms with Crippen LogP contribution in [0.4, 0.5) is 11.6 Å². The van der Waals surface area contributed by atoms with Crippen molar-refractivity contribution in [3.63, 3.8) is 0 Å². The lowest BCUT2D eigenvalue weighted by Crippen LogP contribution is -2.22. The first kappa shape index (κ1) is 18.3. The summed E-state index contributed by atoms with van der Waals surface area (Å²) in [5, 5.41) is 18.0. The minimum atomic E-state index is -0.573. The van der Waals surface area contributed by atoms with Gasteiger partial charge in [-0.3, -0.25) is 9.48 Å². The molecule has 8 heteroatoms. The molecule has 1 unspecified atom stereocenters. The largest absolute Gasteiger partial charge is 0.341 e. The van der Waals surface area contributed by atoms with Crippen LogP contribution in [-0.2, 0) is 4.79 Å². The van der Waals surface area contributed by atoms with E-state index in [2.05, 4.69) is 16.3 Å². The third-order valence-electron chi connectivity index (χ3n) is 6.79. The van der Waals surface area contributed by atoms with E-state index >= 15 is 0 Å². The first-order chi connectivity index (χ1) is 15.2. The molecule has 3 aromatic rings. The Morgan fingerprint density at radius 1 is 1.10 bits per heavy atom. The van der Waals surface area contributed by atoms with Gasteiger partial charge >= 0.3 is 0 Å². The SMILES string of the molecule is N#Cc1ccc2c(c1)C(c1nc(N3CCCC3)nc3nn(C4CCCC4)cc13)C(=O)N2. The molecular formula is C23H23N7O. The topological polar surface area (TPSA) is 99.7 Å². The van der Waals surface area contributed by atoms with Gasteiger partial charge in [-0.25, -0.2) is 4.98 Å². The lowest BCUT2D eigenvalue weighted by molar-refractivity contribution is -0.116. The van der Waals surface area contributed by atoms with Crippen LogP contribution < -0.4 is 10.2 Å². The molecule has 1 aromatic carbocycles. The first-order valence-electron chi connectivity index (χ1n) is 11.1. The molecule has 0 spiro atoms. The molecule has 0 bridgehead atoms. The predicted octanol–water partition coefficient (Wildman–Crippen LogP) is 3.50. The summed E-state index contributed by atoms with van der Waals surface area (Å²) in [6.45, 7) is 1.83. The van der Waals surface area contributed by atoms with Crippen molar-refractivity contribution in [3.05, 3.63) is 41.2 Å². The van der Waals surface area contributed by atoms with Crippen molar-refractivity contribution in [2.24, 2.45) is 0 Å². The van der Waals surface area contributed by atoms with Gasteiger partial charge < -0.3 is 10.2 Å². The summed E-state index contributed by atoms with van der Waals surface area (Å²) in [6.07, 6.45) is 8.93. The number of nitrogens with zero attached hydrogens (tertiary/aromatic N) is 6. The second kappa shape index (κ2) is 7.05. The zero-order chi connectivity index (χ0) is 20.9. The molecule has 1 saturated heterocycles. The van der Waals surface area contributed by atoms with Gasteiger partial charge in [-0.2, -0.15) is 15.3 Å². The maximum atomic E-state index is 13.1. The average Bonchev–Trinajstić information content (AvgIpc) is 3.58. The molecule has 0 radical (unpaired) electrons. The van der Waals surface area contributed by atoms with Crippen LogP contribution in [0.25, 0.3) is 11.0 Å². The summed E-state index contributed by atoms with van der Waals surface area (Å²) in [4.78, 5) is 25.0. The van der Waals surface area contributed by atoms with E-state index in [1.54, 1.807) is 18.2 Å². The quantitative estimate of drug-likeness (QED) is 0.705. The number of fused-ring (bicyclic) bond motifs is 2. The molecule has 1 atom stereocenters. The number of anilines is 2. The lowest BCUT2D eigenvalue weighted by Gasteiger charge is -2.17. The van der Waals surface area contributed by atoms with Gasteiger partial charge in [0.2, 0.25) is 11.9 Å². The molecule has 2 aromatic heterocycles. The van der Waals surface area contributed by atoms with Gasteiger partial charge in [-0.05, 0) is 49.4 Å². The van der Waals surface area contributed by atoms with E-state index in [0.717, 1.165) is 55.4 Å². The smallest absolute Gasteiger partial charge is 0.238 e. The Labute approximate surface area is 179 Å². The van der Waals surface area contributed by atoms with Gasteiger partial charge in [0.25, 0.3) is 0 Å². The van der Waals surface area contributed by atoms with Crippen LogP contribution in [0.2, 0.25) is 0 Å². The third kappa shape index (κ3) is 2.95. The highest BCUT2D eigenvalue weighted by Gasteiger charge is 2.36. The third-order valence-corrected chi connectivity index (χ3v) is 6.79. The summed E-state index contributed by atoms with van der Waals surface area (Å²) in [6, 6.07) is 7.88. The Hall–Kier alpha value is -3.47. The number of carbonyl (C=O) groups excluding carboxylic acids is 1. The zero-order valence-electron chi connectivity index (χ0n) is 17.2. The summed E-state index contributed by atoms with van der Waals surface area (Å²) in [5.41, 5.74) is 3.41. The summed E-state index contributed by atoms with van der Waals surface area (Å²) >= 11 is 0. The molecular weight excluding hydrogens is 390 g/mol. The highest BCUT2D eigenvalue weighted by atomic mass is 16.2. The molecule has 2 fully saturated rings. The standard InChI is InChI=1S/C23H23N7O/c24-12-14-7-8-18-16(11-14)19(22(31)25-18)20-17-13-30(15-5-1-2-6-15)28-21(17)27-23(26-20)29-9-3-4-10-29/h7-8,11,13,15,19H,1-6,9-10H2,(H,25,31). The van der Waals surface area contributed by atoms with Crippen molar-refractivity contribution in [2.75, 3.05) is 23.3 Å². The van der Waals surface area contributed by atoms with E-state index in [1.807, 2.05) is 10.9 Å². The minimum absolute atomic E-state index is 0.119. The number of aromatic nitrogens is 4. The Bertz CT molecular complexity index is 1230. The molecule has 156 valence electrons. The highest BCUT2D eigenvalue weighted by Crippen LogP contribution is 2.40.